The van der Waals surface area contributed by atoms with Crippen LogP contribution >= 0.6 is 0 Å². The zero-order valence-corrected chi connectivity index (χ0v) is 21.4. The fourth-order valence-electron chi connectivity index (χ4n) is 6.19. The molecular weight excluding hydrogens is 426 g/mol. The molecule has 6 rings (SSSR count). The van der Waals surface area contributed by atoms with Gasteiger partial charge in [-0.2, -0.15) is 0 Å². The van der Waals surface area contributed by atoms with E-state index in [2.05, 4.69) is 129 Å². The SMILES string of the molecule is Cc1cccc(C)c1B1c2c(nc3n2B(c2c(C)cccc2C)N(C)c2ccccc2-3)C=CN1C. The summed E-state index contributed by atoms with van der Waals surface area (Å²) in [4.78, 5) is 10.1. The largest absolute Gasteiger partial charge is 0.416 e. The molecule has 1 aromatic heterocycles. The molecule has 0 amide bonds. The third kappa shape index (κ3) is 3.12. The Kier molecular flexibility index (Phi) is 4.96. The predicted molar refractivity (Wildman–Crippen MR) is 151 cm³/mol. The van der Waals surface area contributed by atoms with Crippen molar-refractivity contribution in [1.82, 2.24) is 14.3 Å². The predicted octanol–water partition coefficient (Wildman–Crippen LogP) is 3.50. The van der Waals surface area contributed by atoms with Gasteiger partial charge in [-0.3, -0.25) is 0 Å². The highest BCUT2D eigenvalue weighted by Crippen LogP contribution is 2.36. The Labute approximate surface area is 209 Å². The number of aryl methyl sites for hydroxylation is 4. The lowest BCUT2D eigenvalue weighted by molar-refractivity contribution is 0.724. The molecule has 0 radical (unpaired) electrons. The maximum absolute atomic E-state index is 5.29. The molecule has 6 heteroatoms. The fraction of sp³-hybridized carbons (Fsp3) is 0.207. The first-order valence-electron chi connectivity index (χ1n) is 12.3. The van der Waals surface area contributed by atoms with Crippen molar-refractivity contribution in [3.8, 4) is 11.4 Å². The summed E-state index contributed by atoms with van der Waals surface area (Å²) >= 11 is 0. The average Bonchev–Trinajstić information content (AvgIpc) is 3.22. The van der Waals surface area contributed by atoms with Crippen molar-refractivity contribution in [2.24, 2.45) is 0 Å². The normalized spacial score (nSPS) is 14.2. The smallest absolute Gasteiger partial charge is 0.414 e. The Bertz CT molecular complexity index is 1460. The second-order valence-corrected chi connectivity index (χ2v) is 10.1. The highest BCUT2D eigenvalue weighted by atomic mass is 15.2. The molecule has 0 unspecified atom stereocenters. The van der Waals surface area contributed by atoms with E-state index in [0.29, 0.717) is 0 Å². The van der Waals surface area contributed by atoms with Crippen molar-refractivity contribution >= 4 is 42.1 Å². The molecule has 0 saturated carbocycles. The standard InChI is InChI=1S/C29H30B2N4/c1-19-11-9-12-20(2)26(19)30-28-24(17-18-33(30)5)32-29-23-15-7-8-16-25(23)34(6)31(35(28)29)27-21(3)13-10-14-22(27)4/h7-18H,1-6H3. The first kappa shape index (κ1) is 21.8. The molecule has 4 aromatic rings. The van der Waals surface area contributed by atoms with Crippen molar-refractivity contribution in [1.29, 1.82) is 0 Å². The summed E-state index contributed by atoms with van der Waals surface area (Å²) in [5.41, 5.74) is 12.7. The highest BCUT2D eigenvalue weighted by molar-refractivity contribution is 6.87. The summed E-state index contributed by atoms with van der Waals surface area (Å²) in [6.07, 6.45) is 4.36. The fourth-order valence-corrected chi connectivity index (χ4v) is 6.19. The van der Waals surface area contributed by atoms with Gasteiger partial charge in [0.05, 0.1) is 5.69 Å². The first-order valence-corrected chi connectivity index (χ1v) is 12.3. The maximum atomic E-state index is 5.29. The monoisotopic (exact) mass is 456 g/mol. The van der Waals surface area contributed by atoms with E-state index in [1.165, 1.54) is 50.0 Å². The van der Waals surface area contributed by atoms with Crippen LogP contribution < -0.4 is 21.3 Å². The van der Waals surface area contributed by atoms with Crippen LogP contribution in [0.2, 0.25) is 0 Å². The number of imidazole rings is 1. The van der Waals surface area contributed by atoms with Gasteiger partial charge in [0.15, 0.2) is 0 Å². The van der Waals surface area contributed by atoms with Crippen molar-refractivity contribution < 1.29 is 0 Å². The lowest BCUT2D eigenvalue weighted by Crippen LogP contribution is -2.65. The van der Waals surface area contributed by atoms with E-state index in [1.807, 2.05) is 0 Å². The van der Waals surface area contributed by atoms with Crippen LogP contribution in [0.15, 0.2) is 66.9 Å². The number of rotatable bonds is 2. The number of aromatic nitrogens is 2. The van der Waals surface area contributed by atoms with Crippen LogP contribution in [0.4, 0.5) is 5.69 Å². The molecule has 0 fully saturated rings. The lowest BCUT2D eigenvalue weighted by atomic mass is 9.46. The van der Waals surface area contributed by atoms with E-state index < -0.39 is 0 Å². The Balaban J connectivity index is 1.72. The van der Waals surface area contributed by atoms with Crippen LogP contribution in [0.5, 0.6) is 0 Å². The molecule has 3 aromatic carbocycles. The number of nitrogens with zero attached hydrogens (tertiary/aromatic N) is 4. The van der Waals surface area contributed by atoms with Crippen molar-refractivity contribution in [2.45, 2.75) is 27.7 Å². The van der Waals surface area contributed by atoms with E-state index in [-0.39, 0.29) is 13.8 Å². The van der Waals surface area contributed by atoms with Crippen LogP contribution in [0, 0.1) is 27.7 Å². The van der Waals surface area contributed by atoms with Gasteiger partial charge >= 0.3 is 13.8 Å². The van der Waals surface area contributed by atoms with Gasteiger partial charge in [-0.1, -0.05) is 70.8 Å². The minimum absolute atomic E-state index is 0.0177. The average molecular weight is 456 g/mol. The number of para-hydroxylation sites is 1. The van der Waals surface area contributed by atoms with E-state index in [1.54, 1.807) is 0 Å². The zero-order chi connectivity index (χ0) is 24.4. The molecule has 35 heavy (non-hydrogen) atoms. The molecule has 4 nitrogen and oxygen atoms in total. The molecule has 172 valence electrons. The van der Waals surface area contributed by atoms with Gasteiger partial charge in [0.2, 0.25) is 0 Å². The molecule has 0 N–H and O–H groups in total. The highest BCUT2D eigenvalue weighted by Gasteiger charge is 2.44. The summed E-state index contributed by atoms with van der Waals surface area (Å²) in [6.45, 7) is 9.02. The Morgan fingerprint density at radius 2 is 1.31 bits per heavy atom. The second-order valence-electron chi connectivity index (χ2n) is 10.1. The third-order valence-corrected chi connectivity index (χ3v) is 7.86. The summed E-state index contributed by atoms with van der Waals surface area (Å²) in [7, 11) is 4.41. The molecule has 0 bridgehead atoms. The summed E-state index contributed by atoms with van der Waals surface area (Å²) in [6, 6.07) is 21.9. The quantitative estimate of drug-likeness (QED) is 0.432. The summed E-state index contributed by atoms with van der Waals surface area (Å²) in [5, 5.41) is 0. The summed E-state index contributed by atoms with van der Waals surface area (Å²) < 4.78 is 2.52. The van der Waals surface area contributed by atoms with Crippen LogP contribution in [-0.4, -0.2) is 42.2 Å². The van der Waals surface area contributed by atoms with Gasteiger partial charge in [-0.15, -0.1) is 0 Å². The summed E-state index contributed by atoms with van der Waals surface area (Å²) in [5.74, 6) is 1.05. The maximum Gasteiger partial charge on any atom is 0.416 e. The minimum Gasteiger partial charge on any atom is -0.414 e. The van der Waals surface area contributed by atoms with Gasteiger partial charge in [0, 0.05) is 16.8 Å². The molecule has 2 aliphatic rings. The molecule has 0 aliphatic carbocycles. The van der Waals surface area contributed by atoms with Gasteiger partial charge in [-0.05, 0) is 77.1 Å². The van der Waals surface area contributed by atoms with Gasteiger partial charge in [0.1, 0.15) is 5.82 Å². The van der Waals surface area contributed by atoms with Gasteiger partial charge in [0.25, 0.3) is 0 Å². The molecule has 0 atom stereocenters. The second kappa shape index (κ2) is 7.94. The van der Waals surface area contributed by atoms with E-state index in [9.17, 15) is 0 Å². The topological polar surface area (TPSA) is 24.3 Å². The van der Waals surface area contributed by atoms with Gasteiger partial charge in [-0.25, -0.2) is 4.98 Å². The van der Waals surface area contributed by atoms with Crippen LogP contribution in [0.25, 0.3) is 17.5 Å². The van der Waals surface area contributed by atoms with E-state index >= 15 is 0 Å². The van der Waals surface area contributed by atoms with Crippen molar-refractivity contribution in [3.05, 3.63) is 94.8 Å². The van der Waals surface area contributed by atoms with E-state index in [4.69, 9.17) is 4.98 Å². The molecular formula is C29H30B2N4. The Morgan fingerprint density at radius 1 is 0.714 bits per heavy atom. The van der Waals surface area contributed by atoms with Crippen LogP contribution in [0.1, 0.15) is 27.9 Å². The Hall–Kier alpha value is -3.66. The van der Waals surface area contributed by atoms with Crippen LogP contribution in [0.3, 0.4) is 0 Å². The van der Waals surface area contributed by atoms with Gasteiger partial charge < -0.3 is 14.1 Å². The molecule has 0 saturated heterocycles. The van der Waals surface area contributed by atoms with E-state index in [0.717, 1.165) is 11.5 Å². The molecule has 2 aliphatic heterocycles. The number of anilines is 1. The Morgan fingerprint density at radius 3 is 1.97 bits per heavy atom. The van der Waals surface area contributed by atoms with Crippen LogP contribution in [-0.2, 0) is 0 Å². The van der Waals surface area contributed by atoms with Crippen molar-refractivity contribution in [3.63, 3.8) is 0 Å². The number of benzene rings is 3. The first-order chi connectivity index (χ1) is 16.9. The number of hydrogen-bond donors (Lipinski definition) is 0. The molecule has 0 spiro atoms. The minimum atomic E-state index is 0.0177. The zero-order valence-electron chi connectivity index (χ0n) is 21.4. The lowest BCUT2D eigenvalue weighted by Gasteiger charge is -2.39. The third-order valence-electron chi connectivity index (χ3n) is 7.86. The molecule has 3 heterocycles. The number of hydrogen-bond acceptors (Lipinski definition) is 3. The van der Waals surface area contributed by atoms with Crippen molar-refractivity contribution in [2.75, 3.05) is 18.9 Å². The number of fused-ring (bicyclic) bond motifs is 5.